The molecule has 2 rings (SSSR count). The van der Waals surface area contributed by atoms with Crippen LogP contribution in [0.4, 0.5) is 10.1 Å². The highest BCUT2D eigenvalue weighted by molar-refractivity contribution is 6.52. The molecular weight excluding hydrogens is 404 g/mol. The maximum absolute atomic E-state index is 13.2. The molecule has 1 amide bonds. The van der Waals surface area contributed by atoms with Crippen molar-refractivity contribution in [2.75, 3.05) is 6.61 Å². The van der Waals surface area contributed by atoms with E-state index in [1.165, 1.54) is 48.5 Å². The first-order chi connectivity index (χ1) is 14.8. The van der Waals surface area contributed by atoms with Gasteiger partial charge in [0.15, 0.2) is 0 Å². The molecule has 0 radical (unpaired) electrons. The number of nitro benzene ring substituents is 1. The lowest BCUT2D eigenvalue weighted by Gasteiger charge is -2.20. The number of amides is 1. The summed E-state index contributed by atoms with van der Waals surface area (Å²) in [5.74, 6) is -0.378. The predicted molar refractivity (Wildman–Crippen MR) is 112 cm³/mol. The fourth-order valence-corrected chi connectivity index (χ4v) is 2.99. The first-order valence-corrected chi connectivity index (χ1v) is 9.65. The summed E-state index contributed by atoms with van der Waals surface area (Å²) in [5.41, 5.74) is 1.20. The minimum absolute atomic E-state index is 0.0771. The molecule has 2 aromatic carbocycles. The van der Waals surface area contributed by atoms with Crippen molar-refractivity contribution in [2.45, 2.75) is 31.6 Å². The number of hydrogen-bond donors (Lipinski definition) is 1. The van der Waals surface area contributed by atoms with Crippen molar-refractivity contribution < 1.29 is 23.6 Å². The van der Waals surface area contributed by atoms with Gasteiger partial charge in [0.2, 0.25) is 5.91 Å². The Hall–Kier alpha value is -3.74. The van der Waals surface area contributed by atoms with Crippen molar-refractivity contribution in [3.63, 3.8) is 0 Å². The number of benzene rings is 2. The van der Waals surface area contributed by atoms with Gasteiger partial charge in [-0.3, -0.25) is 14.9 Å². The number of esters is 1. The van der Waals surface area contributed by atoms with Crippen LogP contribution in [0.2, 0.25) is 5.82 Å². The van der Waals surface area contributed by atoms with Crippen LogP contribution in [0.15, 0.2) is 48.5 Å². The zero-order valence-corrected chi connectivity index (χ0v) is 16.9. The largest absolute Gasteiger partial charge is 0.464 e. The van der Waals surface area contributed by atoms with Gasteiger partial charge < -0.3 is 10.1 Å². The Morgan fingerprint density at radius 3 is 2.29 bits per heavy atom. The summed E-state index contributed by atoms with van der Waals surface area (Å²) in [6.07, 6.45) is 0.269. The second-order valence-electron chi connectivity index (χ2n) is 6.83. The lowest BCUT2D eigenvalue weighted by Crippen LogP contribution is -2.45. The number of nitriles is 1. The van der Waals surface area contributed by atoms with Crippen LogP contribution >= 0.6 is 0 Å². The topological polar surface area (TPSA) is 122 Å². The van der Waals surface area contributed by atoms with Gasteiger partial charge >= 0.3 is 5.97 Å². The molecule has 10 heteroatoms. The van der Waals surface area contributed by atoms with Crippen molar-refractivity contribution >= 4 is 24.8 Å². The molecule has 0 fully saturated rings. The molecule has 0 saturated carbocycles. The van der Waals surface area contributed by atoms with Crippen molar-refractivity contribution in [1.29, 1.82) is 5.26 Å². The summed E-state index contributed by atoms with van der Waals surface area (Å²) >= 11 is 0. The van der Waals surface area contributed by atoms with Crippen LogP contribution in [-0.2, 0) is 27.2 Å². The van der Waals surface area contributed by atoms with Gasteiger partial charge in [-0.2, -0.15) is 0 Å². The summed E-state index contributed by atoms with van der Waals surface area (Å²) in [7, 11) is -0.102. The van der Waals surface area contributed by atoms with Crippen molar-refractivity contribution in [3.05, 3.63) is 75.6 Å². The van der Waals surface area contributed by atoms with E-state index in [2.05, 4.69) is 5.32 Å². The average molecular weight is 425 g/mol. The van der Waals surface area contributed by atoms with Crippen LogP contribution in [0, 0.1) is 27.2 Å². The Morgan fingerprint density at radius 2 is 1.74 bits per heavy atom. The van der Waals surface area contributed by atoms with Crippen LogP contribution in [0.5, 0.6) is 0 Å². The predicted octanol–water partition coefficient (Wildman–Crippen LogP) is 2.27. The number of nitrogens with zero attached hydrogens (tertiary/aromatic N) is 2. The van der Waals surface area contributed by atoms with Crippen LogP contribution < -0.4 is 5.32 Å². The smallest absolute Gasteiger partial charge is 0.328 e. The Kier molecular flexibility index (Phi) is 8.70. The molecule has 0 aliphatic heterocycles. The van der Waals surface area contributed by atoms with E-state index in [0.717, 1.165) is 0 Å². The average Bonchev–Trinajstić information content (AvgIpc) is 2.75. The third-order valence-electron chi connectivity index (χ3n) is 4.58. The standard InChI is InChI=1S/C21H21BFN3O5/c1-2-31-21(28)19(12-15-3-7-16(23)8-4-15)25-20(27)18(22-13-24)11-14-5-9-17(10-6-14)26(29)30/h3-10,18-19,22H,2,11-12H2,1H3,(H,25,27)/t18-,19?/m0/s1. The van der Waals surface area contributed by atoms with E-state index >= 15 is 0 Å². The number of nitrogens with one attached hydrogen (secondary N) is 1. The number of halogens is 1. The van der Waals surface area contributed by atoms with E-state index in [0.29, 0.717) is 11.1 Å². The molecule has 1 unspecified atom stereocenters. The van der Waals surface area contributed by atoms with Crippen LogP contribution in [0.1, 0.15) is 18.1 Å². The summed E-state index contributed by atoms with van der Waals surface area (Å²) in [4.78, 5) is 35.4. The molecule has 0 bridgehead atoms. The number of ether oxygens (including phenoxy) is 1. The number of carbonyl (C=O) groups excluding carboxylic acids is 2. The summed E-state index contributed by atoms with van der Waals surface area (Å²) < 4.78 is 18.2. The molecule has 2 aromatic rings. The maximum atomic E-state index is 13.2. The highest BCUT2D eigenvalue weighted by Gasteiger charge is 2.28. The van der Waals surface area contributed by atoms with Gasteiger partial charge in [0.05, 0.1) is 11.5 Å². The van der Waals surface area contributed by atoms with Crippen molar-refractivity contribution in [3.8, 4) is 5.97 Å². The Labute approximate surface area is 179 Å². The fraction of sp³-hybridized carbons (Fsp3) is 0.286. The fourth-order valence-electron chi connectivity index (χ4n) is 2.99. The summed E-state index contributed by atoms with van der Waals surface area (Å²) in [5, 5.41) is 22.5. The monoisotopic (exact) mass is 425 g/mol. The van der Waals surface area contributed by atoms with Gasteiger partial charge in [-0.05, 0) is 42.6 Å². The van der Waals surface area contributed by atoms with E-state index in [1.54, 1.807) is 6.92 Å². The minimum Gasteiger partial charge on any atom is -0.464 e. The molecule has 31 heavy (non-hydrogen) atoms. The third-order valence-corrected chi connectivity index (χ3v) is 4.58. The van der Waals surface area contributed by atoms with Gasteiger partial charge in [-0.25, -0.2) is 14.4 Å². The quantitative estimate of drug-likeness (QED) is 0.270. The Balaban J connectivity index is 2.14. The van der Waals surface area contributed by atoms with E-state index in [1.807, 2.05) is 5.97 Å². The van der Waals surface area contributed by atoms with E-state index in [9.17, 15) is 24.1 Å². The molecule has 0 heterocycles. The van der Waals surface area contributed by atoms with Gasteiger partial charge in [0.1, 0.15) is 11.9 Å². The first-order valence-electron chi connectivity index (χ1n) is 9.65. The number of carbonyl (C=O) groups is 2. The zero-order valence-electron chi connectivity index (χ0n) is 16.9. The Bertz CT molecular complexity index is 960. The van der Waals surface area contributed by atoms with Gasteiger partial charge in [0.25, 0.3) is 13.0 Å². The minimum atomic E-state index is -1.00. The molecule has 160 valence electrons. The molecule has 0 spiro atoms. The third kappa shape index (κ3) is 7.22. The SMILES string of the molecule is CCOC(=O)C(Cc1ccc(F)cc1)NC(=O)[C@@H](BC#N)Cc1ccc([N+](=O)[O-])cc1. The zero-order chi connectivity index (χ0) is 22.8. The second-order valence-corrected chi connectivity index (χ2v) is 6.83. The van der Waals surface area contributed by atoms with Gasteiger partial charge in [-0.1, -0.05) is 24.3 Å². The van der Waals surface area contributed by atoms with Crippen molar-refractivity contribution in [2.24, 2.45) is 0 Å². The number of rotatable bonds is 10. The summed E-state index contributed by atoms with van der Waals surface area (Å²) in [6.45, 7) is 1.76. The number of nitro groups is 1. The summed E-state index contributed by atoms with van der Waals surface area (Å²) in [6, 6.07) is 10.2. The first kappa shape index (κ1) is 23.5. The van der Waals surface area contributed by atoms with Crippen LogP contribution in [-0.4, -0.2) is 36.7 Å². The highest BCUT2D eigenvalue weighted by atomic mass is 19.1. The molecule has 0 saturated heterocycles. The molecule has 0 aromatic heterocycles. The molecule has 8 nitrogen and oxygen atoms in total. The van der Waals surface area contributed by atoms with Crippen molar-refractivity contribution in [1.82, 2.24) is 5.32 Å². The normalized spacial score (nSPS) is 12.2. The van der Waals surface area contributed by atoms with E-state index in [-0.39, 0.29) is 32.4 Å². The lowest BCUT2D eigenvalue weighted by atomic mass is 9.63. The number of hydrogen-bond acceptors (Lipinski definition) is 6. The lowest BCUT2D eigenvalue weighted by molar-refractivity contribution is -0.384. The Morgan fingerprint density at radius 1 is 1.16 bits per heavy atom. The second kappa shape index (κ2) is 11.5. The maximum Gasteiger partial charge on any atom is 0.328 e. The van der Waals surface area contributed by atoms with E-state index < -0.39 is 34.5 Å². The number of non-ortho nitro benzene ring substituents is 1. The molecule has 2 atom stereocenters. The molecule has 0 aliphatic carbocycles. The van der Waals surface area contributed by atoms with Gasteiger partial charge in [-0.15, -0.1) is 0 Å². The van der Waals surface area contributed by atoms with Crippen LogP contribution in [0.25, 0.3) is 0 Å². The molecule has 1 N–H and O–H groups in total. The molecular formula is C21H21BFN3O5. The van der Waals surface area contributed by atoms with Gasteiger partial charge in [0, 0.05) is 24.4 Å². The molecule has 0 aliphatic rings. The van der Waals surface area contributed by atoms with E-state index in [4.69, 9.17) is 10.00 Å². The van der Waals surface area contributed by atoms with Crippen LogP contribution in [0.3, 0.4) is 0 Å². The highest BCUT2D eigenvalue weighted by Crippen LogP contribution is 2.18.